The minimum atomic E-state index is -4.29. The first kappa shape index (κ1) is 51.8. The van der Waals surface area contributed by atoms with Crippen molar-refractivity contribution in [1.29, 1.82) is 0 Å². The van der Waals surface area contributed by atoms with Crippen LogP contribution in [-0.4, -0.2) is 69.0 Å². The number of likely N-dealkylation sites (N-methyl/N-ethyl adjacent to an activating group) is 1. The van der Waals surface area contributed by atoms with Crippen LogP contribution in [0.25, 0.3) is 0 Å². The highest BCUT2D eigenvalue weighted by atomic mass is 31.2. The number of hydrogen-bond donors (Lipinski definition) is 1. The molecule has 0 aliphatic heterocycles. The van der Waals surface area contributed by atoms with Gasteiger partial charge in [-0.15, -0.1) is 0 Å². The van der Waals surface area contributed by atoms with Gasteiger partial charge in [-0.3, -0.25) is 13.8 Å². The van der Waals surface area contributed by atoms with E-state index in [1.807, 2.05) is 27.2 Å². The number of hydrogen-bond acceptors (Lipinski definition) is 6. The molecule has 8 nitrogen and oxygen atoms in total. The van der Waals surface area contributed by atoms with E-state index < -0.39 is 13.9 Å². The van der Waals surface area contributed by atoms with Crippen molar-refractivity contribution >= 4 is 13.8 Å². The number of rotatable bonds is 41. The number of quaternary nitrogens is 1. The zero-order chi connectivity index (χ0) is 39.1. The van der Waals surface area contributed by atoms with Crippen LogP contribution in [0.4, 0.5) is 0 Å². The largest absolute Gasteiger partial charge is 0.498 e. The van der Waals surface area contributed by atoms with Crippen molar-refractivity contribution in [3.8, 4) is 0 Å². The van der Waals surface area contributed by atoms with E-state index in [4.69, 9.17) is 18.5 Å². The van der Waals surface area contributed by atoms with Crippen molar-refractivity contribution in [3.05, 3.63) is 24.5 Å². The molecule has 0 aliphatic carbocycles. The number of phosphoric acid groups is 1. The maximum Gasteiger partial charge on any atom is 0.472 e. The topological polar surface area (TPSA) is 91.3 Å². The molecule has 0 bridgehead atoms. The lowest BCUT2D eigenvalue weighted by Crippen LogP contribution is -2.37. The van der Waals surface area contributed by atoms with E-state index in [0.29, 0.717) is 17.4 Å². The summed E-state index contributed by atoms with van der Waals surface area (Å²) in [5.74, 6) is -0.337. The molecule has 0 saturated carbocycles. The molecule has 0 aliphatic rings. The molecular weight excluding hydrogens is 685 g/mol. The van der Waals surface area contributed by atoms with Gasteiger partial charge < -0.3 is 18.9 Å². The fraction of sp³-hybridized carbons (Fsp3) is 0.886. The first-order chi connectivity index (χ1) is 25.6. The van der Waals surface area contributed by atoms with Crippen LogP contribution in [0.1, 0.15) is 200 Å². The predicted molar refractivity (Wildman–Crippen MR) is 224 cm³/mol. The Morgan fingerprint density at radius 3 is 1.47 bits per heavy atom. The van der Waals surface area contributed by atoms with Crippen LogP contribution in [-0.2, 0) is 27.9 Å². The van der Waals surface area contributed by atoms with Crippen LogP contribution in [0.3, 0.4) is 0 Å². The lowest BCUT2D eigenvalue weighted by molar-refractivity contribution is -0.870. The highest BCUT2D eigenvalue weighted by Gasteiger charge is 2.26. The molecule has 0 saturated heterocycles. The molecule has 0 fully saturated rings. The Bertz CT molecular complexity index is 905. The predicted octanol–water partition coefficient (Wildman–Crippen LogP) is 13.2. The Morgan fingerprint density at radius 1 is 0.585 bits per heavy atom. The zero-order valence-corrected chi connectivity index (χ0v) is 36.4. The van der Waals surface area contributed by atoms with Gasteiger partial charge in [0.1, 0.15) is 19.8 Å². The standard InChI is InChI=1S/C44H86NO7P/c1-6-8-10-12-14-16-18-20-22-23-24-25-27-29-31-33-35-37-44(46)52-43(42-51-53(47,48)50-40-38-45(3,4)5)41-49-39-36-34-32-30-28-26-21-19-17-15-13-11-9-7-2/h16,18,36,39,43H,6-15,17,19-35,37-38,40-42H2,1-5H3/p+1/b18-16+,39-36+/t43-/m1/s1. The van der Waals surface area contributed by atoms with E-state index in [1.165, 1.54) is 148 Å². The van der Waals surface area contributed by atoms with Crippen LogP contribution in [0.15, 0.2) is 24.5 Å². The lowest BCUT2D eigenvalue weighted by Gasteiger charge is -2.24. The average Bonchev–Trinajstić information content (AvgIpc) is 3.11. The highest BCUT2D eigenvalue weighted by Crippen LogP contribution is 2.43. The van der Waals surface area contributed by atoms with Gasteiger partial charge in [-0.2, -0.15) is 0 Å². The molecule has 314 valence electrons. The van der Waals surface area contributed by atoms with Gasteiger partial charge in [-0.25, -0.2) is 4.57 Å². The number of nitrogens with zero attached hydrogens (tertiary/aromatic N) is 1. The van der Waals surface area contributed by atoms with Gasteiger partial charge in [0.15, 0.2) is 6.10 Å². The van der Waals surface area contributed by atoms with E-state index in [1.54, 1.807) is 6.26 Å². The molecule has 0 amide bonds. The van der Waals surface area contributed by atoms with Crippen molar-refractivity contribution in [2.45, 2.75) is 206 Å². The van der Waals surface area contributed by atoms with Gasteiger partial charge in [-0.05, 0) is 51.0 Å². The third-order valence-corrected chi connectivity index (χ3v) is 10.6. The second-order valence-electron chi connectivity index (χ2n) is 16.1. The van der Waals surface area contributed by atoms with Crippen molar-refractivity contribution < 1.29 is 37.3 Å². The molecule has 2 atom stereocenters. The van der Waals surface area contributed by atoms with Crippen molar-refractivity contribution in [2.75, 3.05) is 47.5 Å². The monoisotopic (exact) mass is 773 g/mol. The normalized spacial score (nSPS) is 13.9. The SMILES string of the molecule is CCCCCC/C=C/CCCCCCCCCCCC(=O)O[C@H](CO/C=C/CCCCCCCCCCCCCC)COP(=O)(O)OCC[N+](C)(C)C. The molecule has 0 aromatic carbocycles. The minimum Gasteiger partial charge on any atom is -0.498 e. The molecule has 1 N–H and O–H groups in total. The van der Waals surface area contributed by atoms with Gasteiger partial charge in [-0.1, -0.05) is 161 Å². The number of esters is 1. The first-order valence-corrected chi connectivity index (χ1v) is 23.6. The van der Waals surface area contributed by atoms with Gasteiger partial charge in [0.25, 0.3) is 0 Å². The van der Waals surface area contributed by atoms with Crippen molar-refractivity contribution in [2.24, 2.45) is 0 Å². The molecule has 1 unspecified atom stereocenters. The summed E-state index contributed by atoms with van der Waals surface area (Å²) >= 11 is 0. The Kier molecular flexibility index (Phi) is 36.9. The molecule has 0 aromatic heterocycles. The third kappa shape index (κ3) is 41.8. The summed E-state index contributed by atoms with van der Waals surface area (Å²) in [6.45, 7) is 4.93. The number of allylic oxidation sites excluding steroid dienone is 3. The van der Waals surface area contributed by atoms with Crippen LogP contribution in [0.2, 0.25) is 0 Å². The smallest absolute Gasteiger partial charge is 0.472 e. The van der Waals surface area contributed by atoms with Gasteiger partial charge in [0.05, 0.1) is 34.0 Å². The van der Waals surface area contributed by atoms with Crippen LogP contribution in [0, 0.1) is 0 Å². The molecule has 0 radical (unpaired) electrons. The van der Waals surface area contributed by atoms with Crippen LogP contribution >= 0.6 is 7.82 Å². The molecule has 0 aromatic rings. The molecule has 0 rings (SSSR count). The highest BCUT2D eigenvalue weighted by molar-refractivity contribution is 7.47. The zero-order valence-electron chi connectivity index (χ0n) is 35.5. The Morgan fingerprint density at radius 2 is 1.00 bits per heavy atom. The molecule has 53 heavy (non-hydrogen) atoms. The molecule has 0 spiro atoms. The van der Waals surface area contributed by atoms with E-state index in [-0.39, 0.29) is 25.8 Å². The molecule has 0 heterocycles. The van der Waals surface area contributed by atoms with E-state index >= 15 is 0 Å². The number of phosphoric ester groups is 1. The lowest BCUT2D eigenvalue weighted by atomic mass is 10.0. The van der Waals surface area contributed by atoms with Crippen LogP contribution in [0.5, 0.6) is 0 Å². The fourth-order valence-corrected chi connectivity index (χ4v) is 6.84. The summed E-state index contributed by atoms with van der Waals surface area (Å²) < 4.78 is 34.7. The first-order valence-electron chi connectivity index (χ1n) is 22.1. The number of unbranched alkanes of at least 4 members (excludes halogenated alkanes) is 25. The summed E-state index contributed by atoms with van der Waals surface area (Å²) in [7, 11) is 1.64. The fourth-order valence-electron chi connectivity index (χ4n) is 6.10. The second kappa shape index (κ2) is 37.7. The summed E-state index contributed by atoms with van der Waals surface area (Å²) in [4.78, 5) is 22.9. The molecule has 9 heteroatoms. The molecular formula is C44H87NO7P+. The number of carbonyl (C=O) groups excluding carboxylic acids is 1. The van der Waals surface area contributed by atoms with Crippen molar-refractivity contribution in [1.82, 2.24) is 0 Å². The van der Waals surface area contributed by atoms with E-state index in [0.717, 1.165) is 32.1 Å². The maximum absolute atomic E-state index is 12.7. The quantitative estimate of drug-likeness (QED) is 0.0165. The maximum atomic E-state index is 12.7. The number of ether oxygens (including phenoxy) is 2. The summed E-state index contributed by atoms with van der Waals surface area (Å²) in [5.41, 5.74) is 0. The second-order valence-corrected chi connectivity index (χ2v) is 17.6. The Balaban J connectivity index is 4.26. The number of carbonyl (C=O) groups is 1. The van der Waals surface area contributed by atoms with E-state index in [9.17, 15) is 14.3 Å². The van der Waals surface area contributed by atoms with Crippen LogP contribution < -0.4 is 0 Å². The van der Waals surface area contributed by atoms with Crippen molar-refractivity contribution in [3.63, 3.8) is 0 Å². The summed E-state index contributed by atoms with van der Waals surface area (Å²) in [5, 5.41) is 0. The van der Waals surface area contributed by atoms with Gasteiger partial charge in [0, 0.05) is 6.42 Å². The van der Waals surface area contributed by atoms with Gasteiger partial charge in [0.2, 0.25) is 0 Å². The minimum absolute atomic E-state index is 0.0505. The Hall–Kier alpha value is -1.18. The Labute approximate surface area is 328 Å². The summed E-state index contributed by atoms with van der Waals surface area (Å²) in [6.07, 6.45) is 43.0. The van der Waals surface area contributed by atoms with Gasteiger partial charge >= 0.3 is 13.8 Å². The summed E-state index contributed by atoms with van der Waals surface area (Å²) in [6, 6.07) is 0. The average molecular weight is 773 g/mol. The third-order valence-electron chi connectivity index (χ3n) is 9.58. The van der Waals surface area contributed by atoms with E-state index in [2.05, 4.69) is 26.0 Å².